The van der Waals surface area contributed by atoms with Crippen molar-refractivity contribution < 1.29 is 31.8 Å². The lowest BCUT2D eigenvalue weighted by Crippen LogP contribution is -2.42. The molecule has 0 spiro atoms. The minimum Gasteiger partial charge on any atom is -0.485 e. The zero-order valence-corrected chi connectivity index (χ0v) is 11.5. The molecule has 118 valence electrons. The van der Waals surface area contributed by atoms with Gasteiger partial charge in [-0.2, -0.15) is 8.78 Å². The fraction of sp³-hybridized carbons (Fsp3) is 0.462. The molecule has 1 unspecified atom stereocenters. The lowest BCUT2D eigenvalue weighted by molar-refractivity contribution is -0.143. The van der Waals surface area contributed by atoms with Crippen molar-refractivity contribution in [3.63, 3.8) is 0 Å². The fourth-order valence-electron chi connectivity index (χ4n) is 1.52. The molecular formula is C13H15F4NO3. The Morgan fingerprint density at radius 1 is 1.24 bits per heavy atom. The molecule has 4 nitrogen and oxygen atoms in total. The van der Waals surface area contributed by atoms with Gasteiger partial charge >= 0.3 is 5.97 Å². The third-order valence-corrected chi connectivity index (χ3v) is 2.59. The molecule has 1 rings (SSSR count). The van der Waals surface area contributed by atoms with Crippen molar-refractivity contribution in [2.75, 3.05) is 20.3 Å². The second kappa shape index (κ2) is 7.82. The van der Waals surface area contributed by atoms with Gasteiger partial charge in [-0.25, -0.2) is 8.78 Å². The van der Waals surface area contributed by atoms with Gasteiger partial charge in [0, 0.05) is 6.07 Å². The van der Waals surface area contributed by atoms with Crippen molar-refractivity contribution in [3.05, 3.63) is 29.3 Å². The van der Waals surface area contributed by atoms with E-state index < -0.39 is 47.6 Å². The van der Waals surface area contributed by atoms with E-state index in [9.17, 15) is 22.4 Å². The largest absolute Gasteiger partial charge is 0.485 e. The van der Waals surface area contributed by atoms with Crippen LogP contribution in [0.3, 0.4) is 0 Å². The van der Waals surface area contributed by atoms with Crippen LogP contribution in [-0.2, 0) is 9.53 Å². The summed E-state index contributed by atoms with van der Waals surface area (Å²) in [5.74, 6) is -8.41. The van der Waals surface area contributed by atoms with E-state index in [1.54, 1.807) is 0 Å². The van der Waals surface area contributed by atoms with E-state index in [0.29, 0.717) is 13.0 Å². The van der Waals surface area contributed by atoms with E-state index in [2.05, 4.69) is 10.1 Å². The number of hydrogen-bond acceptors (Lipinski definition) is 4. The lowest BCUT2D eigenvalue weighted by atomic mass is 10.2. The van der Waals surface area contributed by atoms with Gasteiger partial charge in [0.25, 0.3) is 0 Å². The molecule has 0 heterocycles. The predicted molar refractivity (Wildman–Crippen MR) is 65.9 cm³/mol. The van der Waals surface area contributed by atoms with Crippen LogP contribution in [0.25, 0.3) is 0 Å². The van der Waals surface area contributed by atoms with E-state index in [1.165, 1.54) is 0 Å². The van der Waals surface area contributed by atoms with Crippen LogP contribution >= 0.6 is 0 Å². The lowest BCUT2D eigenvalue weighted by Gasteiger charge is -2.17. The zero-order chi connectivity index (χ0) is 16.0. The van der Waals surface area contributed by atoms with Crippen molar-refractivity contribution in [3.8, 4) is 5.75 Å². The molecule has 0 aliphatic carbocycles. The number of benzene rings is 1. The Labute approximate surface area is 119 Å². The van der Waals surface area contributed by atoms with Gasteiger partial charge in [-0.1, -0.05) is 6.92 Å². The van der Waals surface area contributed by atoms with Crippen LogP contribution in [0, 0.1) is 23.3 Å². The summed E-state index contributed by atoms with van der Waals surface area (Å²) < 4.78 is 62.0. The highest BCUT2D eigenvalue weighted by Crippen LogP contribution is 2.26. The Kier molecular flexibility index (Phi) is 6.41. The smallest absolute Gasteiger partial charge is 0.326 e. The van der Waals surface area contributed by atoms with Gasteiger partial charge in [0.1, 0.15) is 12.6 Å². The molecule has 0 saturated carbocycles. The first-order valence-electron chi connectivity index (χ1n) is 6.19. The maximum atomic E-state index is 13.4. The first kappa shape index (κ1) is 17.2. The van der Waals surface area contributed by atoms with Crippen molar-refractivity contribution in [1.82, 2.24) is 5.32 Å². The summed E-state index contributed by atoms with van der Waals surface area (Å²) in [7, 11) is 1.13. The maximum Gasteiger partial charge on any atom is 0.326 e. The molecular weight excluding hydrogens is 294 g/mol. The molecule has 0 amide bonds. The second-order valence-electron chi connectivity index (χ2n) is 4.14. The van der Waals surface area contributed by atoms with Crippen molar-refractivity contribution in [1.29, 1.82) is 0 Å². The summed E-state index contributed by atoms with van der Waals surface area (Å²) in [6.07, 6.45) is 0.685. The van der Waals surface area contributed by atoms with Gasteiger partial charge in [0.05, 0.1) is 7.11 Å². The topological polar surface area (TPSA) is 47.6 Å². The number of esters is 1. The average molecular weight is 309 g/mol. The minimum absolute atomic E-state index is 0.0741. The number of rotatable bonds is 7. The van der Waals surface area contributed by atoms with Crippen molar-refractivity contribution in [2.24, 2.45) is 0 Å². The number of hydrogen-bond donors (Lipinski definition) is 1. The molecule has 0 saturated heterocycles. The molecule has 21 heavy (non-hydrogen) atoms. The highest BCUT2D eigenvalue weighted by molar-refractivity contribution is 5.75. The third-order valence-electron chi connectivity index (χ3n) is 2.59. The van der Waals surface area contributed by atoms with E-state index in [0.717, 1.165) is 7.11 Å². The molecule has 0 aromatic heterocycles. The standard InChI is InChI=1S/C13H15F4NO3/c1-3-4-18-9(13(19)20-2)6-21-12-10(16)7(14)5-8(15)11(12)17/h5,9,18H,3-4,6H2,1-2H3. The van der Waals surface area contributed by atoms with Crippen LogP contribution in [0.2, 0.25) is 0 Å². The Balaban J connectivity index is 2.87. The average Bonchev–Trinajstić information content (AvgIpc) is 2.47. The van der Waals surface area contributed by atoms with Crippen molar-refractivity contribution in [2.45, 2.75) is 19.4 Å². The molecule has 1 atom stereocenters. The molecule has 0 bridgehead atoms. The third kappa shape index (κ3) is 4.32. The van der Waals surface area contributed by atoms with E-state index >= 15 is 0 Å². The highest BCUT2D eigenvalue weighted by atomic mass is 19.2. The molecule has 1 N–H and O–H groups in total. The van der Waals surface area contributed by atoms with Crippen LogP contribution in [0.1, 0.15) is 13.3 Å². The predicted octanol–water partition coefficient (Wildman–Crippen LogP) is 2.16. The quantitative estimate of drug-likeness (QED) is 0.476. The molecule has 0 fully saturated rings. The van der Waals surface area contributed by atoms with Gasteiger partial charge in [0.15, 0.2) is 17.4 Å². The van der Waals surface area contributed by atoms with Gasteiger partial charge in [0.2, 0.25) is 11.6 Å². The first-order chi connectivity index (χ1) is 9.92. The SMILES string of the molecule is CCCNC(COc1c(F)c(F)cc(F)c1F)C(=O)OC. The van der Waals surface area contributed by atoms with Gasteiger partial charge in [-0.3, -0.25) is 4.79 Å². The second-order valence-corrected chi connectivity index (χ2v) is 4.14. The first-order valence-corrected chi connectivity index (χ1v) is 6.19. The summed E-state index contributed by atoms with van der Waals surface area (Å²) in [4.78, 5) is 11.4. The van der Waals surface area contributed by atoms with Crippen molar-refractivity contribution >= 4 is 5.97 Å². The molecule has 0 radical (unpaired) electrons. The summed E-state index contributed by atoms with van der Waals surface area (Å²) in [5, 5.41) is 2.73. The Morgan fingerprint density at radius 3 is 2.29 bits per heavy atom. The number of nitrogens with one attached hydrogen (secondary N) is 1. The number of halogens is 4. The van der Waals surface area contributed by atoms with E-state index in [-0.39, 0.29) is 6.07 Å². The highest BCUT2D eigenvalue weighted by Gasteiger charge is 2.24. The molecule has 1 aromatic carbocycles. The summed E-state index contributed by atoms with van der Waals surface area (Å²) in [6.45, 7) is 1.72. The zero-order valence-electron chi connectivity index (χ0n) is 11.5. The number of methoxy groups -OCH3 is 1. The van der Waals surface area contributed by atoms with Gasteiger partial charge in [-0.05, 0) is 13.0 Å². The number of carbonyl (C=O) groups is 1. The minimum atomic E-state index is -1.66. The number of carbonyl (C=O) groups excluding carboxylic acids is 1. The van der Waals surface area contributed by atoms with Crippen LogP contribution < -0.4 is 10.1 Å². The Hall–Kier alpha value is -1.83. The van der Waals surface area contributed by atoms with Crippen LogP contribution in [0.4, 0.5) is 17.6 Å². The van der Waals surface area contributed by atoms with Crippen LogP contribution in [0.15, 0.2) is 6.07 Å². The van der Waals surface area contributed by atoms with Gasteiger partial charge in [-0.15, -0.1) is 0 Å². The van der Waals surface area contributed by atoms with Crippen LogP contribution in [-0.4, -0.2) is 32.3 Å². The summed E-state index contributed by atoms with van der Waals surface area (Å²) >= 11 is 0. The molecule has 0 aliphatic rings. The fourth-order valence-corrected chi connectivity index (χ4v) is 1.52. The van der Waals surface area contributed by atoms with E-state index in [1.807, 2.05) is 6.92 Å². The number of ether oxygens (including phenoxy) is 2. The molecule has 8 heteroatoms. The molecule has 1 aromatic rings. The molecule has 0 aliphatic heterocycles. The Bertz CT molecular complexity index is 484. The van der Waals surface area contributed by atoms with Crippen LogP contribution in [0.5, 0.6) is 5.75 Å². The Morgan fingerprint density at radius 2 is 1.81 bits per heavy atom. The summed E-state index contributed by atoms with van der Waals surface area (Å²) in [6, 6.07) is -0.940. The maximum absolute atomic E-state index is 13.4. The summed E-state index contributed by atoms with van der Waals surface area (Å²) in [5.41, 5.74) is 0. The van der Waals surface area contributed by atoms with E-state index in [4.69, 9.17) is 4.74 Å². The monoisotopic (exact) mass is 309 g/mol. The van der Waals surface area contributed by atoms with Gasteiger partial charge < -0.3 is 14.8 Å². The normalized spacial score (nSPS) is 12.1.